The minimum Gasteiger partial charge on any atom is -0.497 e. The third-order valence-electron chi connectivity index (χ3n) is 4.45. The molecule has 0 saturated carbocycles. The van der Waals surface area contributed by atoms with E-state index in [1.165, 1.54) is 44.6 Å². The van der Waals surface area contributed by atoms with Gasteiger partial charge in [-0.1, -0.05) is 0 Å². The van der Waals surface area contributed by atoms with Crippen LogP contribution in [0, 0.1) is 0 Å². The van der Waals surface area contributed by atoms with Crippen LogP contribution in [0.15, 0.2) is 42.5 Å². The van der Waals surface area contributed by atoms with E-state index in [9.17, 15) is 19.2 Å². The van der Waals surface area contributed by atoms with Crippen LogP contribution in [0.4, 0.5) is 5.69 Å². The van der Waals surface area contributed by atoms with Gasteiger partial charge >= 0.3 is 5.97 Å². The fraction of sp³-hybridized carbons (Fsp3) is 0.238. The van der Waals surface area contributed by atoms with E-state index in [2.05, 4.69) is 0 Å². The van der Waals surface area contributed by atoms with Crippen molar-refractivity contribution in [2.75, 3.05) is 25.7 Å². The lowest BCUT2D eigenvalue weighted by atomic mass is 10.1. The van der Waals surface area contributed by atoms with Crippen molar-refractivity contribution in [1.82, 2.24) is 0 Å². The number of amides is 2. The van der Waals surface area contributed by atoms with Crippen LogP contribution >= 0.6 is 0 Å². The van der Waals surface area contributed by atoms with Crippen molar-refractivity contribution < 1.29 is 33.4 Å². The largest absolute Gasteiger partial charge is 0.497 e. The van der Waals surface area contributed by atoms with Crippen molar-refractivity contribution >= 4 is 29.3 Å². The molecule has 1 heterocycles. The van der Waals surface area contributed by atoms with E-state index in [1.807, 2.05) is 0 Å². The number of nitrogens with zero attached hydrogens (tertiary/aromatic N) is 1. The van der Waals surface area contributed by atoms with Crippen molar-refractivity contribution in [3.8, 4) is 11.5 Å². The van der Waals surface area contributed by atoms with Gasteiger partial charge in [0.2, 0.25) is 17.6 Å². The fourth-order valence-corrected chi connectivity index (χ4v) is 2.94. The molecule has 2 aromatic carbocycles. The van der Waals surface area contributed by atoms with Gasteiger partial charge in [0.25, 0.3) is 0 Å². The molecular formula is C21H19NO7. The van der Waals surface area contributed by atoms with Crippen LogP contribution < -0.4 is 14.4 Å². The molecule has 3 rings (SSSR count). The summed E-state index contributed by atoms with van der Waals surface area (Å²) >= 11 is 0. The zero-order chi connectivity index (χ0) is 21.0. The first-order valence-electron chi connectivity index (χ1n) is 8.82. The molecule has 1 aliphatic rings. The van der Waals surface area contributed by atoms with Gasteiger partial charge in [0.05, 0.1) is 31.0 Å². The zero-order valence-electron chi connectivity index (χ0n) is 16.0. The van der Waals surface area contributed by atoms with E-state index < -0.39 is 18.4 Å². The van der Waals surface area contributed by atoms with E-state index in [4.69, 9.17) is 14.2 Å². The average molecular weight is 397 g/mol. The number of hydrogen-bond acceptors (Lipinski definition) is 7. The molecule has 0 unspecified atom stereocenters. The summed E-state index contributed by atoms with van der Waals surface area (Å²) in [6.07, 6.45) is 0.358. The minimum absolute atomic E-state index is 0.179. The quantitative estimate of drug-likeness (QED) is 0.402. The van der Waals surface area contributed by atoms with Gasteiger partial charge in [-0.3, -0.25) is 19.3 Å². The van der Waals surface area contributed by atoms with Crippen LogP contribution in [0.1, 0.15) is 33.6 Å². The number of rotatable bonds is 7. The lowest BCUT2D eigenvalue weighted by Gasteiger charge is -2.14. The van der Waals surface area contributed by atoms with Gasteiger partial charge < -0.3 is 14.2 Å². The Hall–Kier alpha value is -3.68. The number of Topliss-reactive ketones (excluding diaryl/α,β-unsaturated/α-hetero) is 1. The molecule has 2 aromatic rings. The van der Waals surface area contributed by atoms with Crippen LogP contribution in [-0.2, 0) is 14.3 Å². The normalized spacial score (nSPS) is 13.4. The van der Waals surface area contributed by atoms with Gasteiger partial charge in [0.15, 0.2) is 6.61 Å². The maximum Gasteiger partial charge on any atom is 0.338 e. The maximum absolute atomic E-state index is 12.4. The molecule has 29 heavy (non-hydrogen) atoms. The van der Waals surface area contributed by atoms with Crippen molar-refractivity contribution in [2.45, 2.75) is 12.8 Å². The number of ketones is 1. The SMILES string of the molecule is COc1ccc(OC)c(C(=O)COC(=O)c2ccc(N3C(=O)CCC3=O)cc2)c1. The highest BCUT2D eigenvalue weighted by Gasteiger charge is 2.30. The van der Waals surface area contributed by atoms with Crippen LogP contribution in [-0.4, -0.2) is 44.4 Å². The molecule has 1 saturated heterocycles. The lowest BCUT2D eigenvalue weighted by Crippen LogP contribution is -2.28. The lowest BCUT2D eigenvalue weighted by molar-refractivity contribution is -0.121. The molecule has 0 spiro atoms. The highest BCUT2D eigenvalue weighted by atomic mass is 16.5. The second-order valence-electron chi connectivity index (χ2n) is 6.24. The van der Waals surface area contributed by atoms with E-state index >= 15 is 0 Å². The third-order valence-corrected chi connectivity index (χ3v) is 4.45. The number of anilines is 1. The molecule has 0 radical (unpaired) electrons. The molecule has 0 bridgehead atoms. The number of methoxy groups -OCH3 is 2. The predicted octanol–water partition coefficient (Wildman–Crippen LogP) is 2.40. The number of esters is 1. The van der Waals surface area contributed by atoms with Gasteiger partial charge in [-0.15, -0.1) is 0 Å². The maximum atomic E-state index is 12.4. The number of hydrogen-bond donors (Lipinski definition) is 0. The smallest absolute Gasteiger partial charge is 0.338 e. The molecule has 0 N–H and O–H groups in total. The summed E-state index contributed by atoms with van der Waals surface area (Å²) in [5, 5.41) is 0. The monoisotopic (exact) mass is 397 g/mol. The first-order valence-corrected chi connectivity index (χ1v) is 8.82. The third kappa shape index (κ3) is 4.26. The van der Waals surface area contributed by atoms with Crippen molar-refractivity contribution in [1.29, 1.82) is 0 Å². The van der Waals surface area contributed by atoms with Crippen molar-refractivity contribution in [2.24, 2.45) is 0 Å². The average Bonchev–Trinajstić information content (AvgIpc) is 3.09. The van der Waals surface area contributed by atoms with Crippen LogP contribution in [0.2, 0.25) is 0 Å². The van der Waals surface area contributed by atoms with Crippen LogP contribution in [0.25, 0.3) is 0 Å². The summed E-state index contributed by atoms with van der Waals surface area (Å²) in [6.45, 7) is -0.479. The molecule has 150 valence electrons. The molecule has 8 heteroatoms. The second kappa shape index (κ2) is 8.55. The van der Waals surface area contributed by atoms with Gasteiger partial charge in [-0.2, -0.15) is 0 Å². The standard InChI is InChI=1S/C21H19NO7/c1-27-15-7-8-18(28-2)16(11-15)17(23)12-29-21(26)13-3-5-14(6-4-13)22-19(24)9-10-20(22)25/h3-8,11H,9-10,12H2,1-2H3. The minimum atomic E-state index is -0.703. The molecular weight excluding hydrogens is 378 g/mol. The Balaban J connectivity index is 1.66. The summed E-state index contributed by atoms with van der Waals surface area (Å²) in [5.74, 6) is -0.880. The van der Waals surface area contributed by atoms with Crippen molar-refractivity contribution in [3.63, 3.8) is 0 Å². The number of benzene rings is 2. The van der Waals surface area contributed by atoms with Gasteiger partial charge in [0.1, 0.15) is 11.5 Å². The first-order chi connectivity index (χ1) is 13.9. The number of carbonyl (C=O) groups is 4. The Morgan fingerprint density at radius 1 is 0.931 bits per heavy atom. The highest BCUT2D eigenvalue weighted by molar-refractivity contribution is 6.19. The molecule has 1 fully saturated rings. The summed E-state index contributed by atoms with van der Waals surface area (Å²) in [7, 11) is 2.91. The first kappa shape index (κ1) is 20.1. The Bertz CT molecular complexity index is 949. The summed E-state index contributed by atoms with van der Waals surface area (Å²) < 4.78 is 15.4. The van der Waals surface area contributed by atoms with Crippen molar-refractivity contribution in [3.05, 3.63) is 53.6 Å². The number of ether oxygens (including phenoxy) is 3. The molecule has 0 aliphatic carbocycles. The summed E-state index contributed by atoms with van der Waals surface area (Å²) in [6, 6.07) is 10.6. The van der Waals surface area contributed by atoms with E-state index in [-0.39, 0.29) is 35.8 Å². The molecule has 8 nitrogen and oxygen atoms in total. The topological polar surface area (TPSA) is 99.2 Å². The molecule has 0 aromatic heterocycles. The van der Waals surface area contributed by atoms with E-state index in [0.29, 0.717) is 17.2 Å². The predicted molar refractivity (Wildman–Crippen MR) is 102 cm³/mol. The molecule has 1 aliphatic heterocycles. The number of carbonyl (C=O) groups excluding carboxylic acids is 4. The Morgan fingerprint density at radius 2 is 1.59 bits per heavy atom. The van der Waals surface area contributed by atoms with E-state index in [0.717, 1.165) is 4.90 Å². The van der Waals surface area contributed by atoms with Gasteiger partial charge in [-0.25, -0.2) is 4.79 Å². The van der Waals surface area contributed by atoms with Gasteiger partial charge in [0, 0.05) is 12.8 Å². The summed E-state index contributed by atoms with van der Waals surface area (Å²) in [5.41, 5.74) is 0.825. The summed E-state index contributed by atoms with van der Waals surface area (Å²) in [4.78, 5) is 49.3. The molecule has 0 atom stereocenters. The van der Waals surface area contributed by atoms with Gasteiger partial charge in [-0.05, 0) is 42.5 Å². The van der Waals surface area contributed by atoms with Crippen LogP contribution in [0.3, 0.4) is 0 Å². The Labute approximate surface area is 167 Å². The fourth-order valence-electron chi connectivity index (χ4n) is 2.94. The Kier molecular flexibility index (Phi) is 5.92. The van der Waals surface area contributed by atoms with E-state index in [1.54, 1.807) is 12.1 Å². The molecule has 2 amide bonds. The van der Waals surface area contributed by atoms with Crippen LogP contribution in [0.5, 0.6) is 11.5 Å². The second-order valence-corrected chi connectivity index (χ2v) is 6.24. The zero-order valence-corrected chi connectivity index (χ0v) is 16.0. The Morgan fingerprint density at radius 3 is 2.17 bits per heavy atom. The highest BCUT2D eigenvalue weighted by Crippen LogP contribution is 2.25. The number of imide groups is 1.